The Morgan fingerprint density at radius 1 is 1.33 bits per heavy atom. The van der Waals surface area contributed by atoms with E-state index in [-0.39, 0.29) is 36.9 Å². The summed E-state index contributed by atoms with van der Waals surface area (Å²) >= 11 is 1.79. The van der Waals surface area contributed by atoms with Crippen LogP contribution in [0, 0.1) is 0 Å². The first kappa shape index (κ1) is 22.1. The summed E-state index contributed by atoms with van der Waals surface area (Å²) in [4.78, 5) is 31.6. The molecule has 1 aromatic rings. The van der Waals surface area contributed by atoms with E-state index in [1.54, 1.807) is 11.3 Å². The fraction of sp³-hybridized carbons (Fsp3) is 0.684. The molecule has 1 N–H and O–H groups in total. The number of halogens is 1. The van der Waals surface area contributed by atoms with Crippen LogP contribution in [0.5, 0.6) is 0 Å². The zero-order valence-corrected chi connectivity index (χ0v) is 17.7. The van der Waals surface area contributed by atoms with Gasteiger partial charge in [0.1, 0.15) is 0 Å². The molecule has 0 spiro atoms. The smallest absolute Gasteiger partial charge is 0.317 e. The Hall–Kier alpha value is -1.15. The van der Waals surface area contributed by atoms with Gasteiger partial charge in [0.05, 0.1) is 12.6 Å². The summed E-state index contributed by atoms with van der Waals surface area (Å²) in [7, 11) is 1.88. The summed E-state index contributed by atoms with van der Waals surface area (Å²) in [5.74, 6) is -0.561. The van der Waals surface area contributed by atoms with Crippen LogP contribution in [-0.2, 0) is 22.6 Å². The second-order valence-electron chi connectivity index (χ2n) is 7.48. The van der Waals surface area contributed by atoms with Crippen molar-refractivity contribution < 1.29 is 14.7 Å². The van der Waals surface area contributed by atoms with Crippen LogP contribution in [0.15, 0.2) is 11.4 Å². The number of aliphatic carboxylic acids is 1. The van der Waals surface area contributed by atoms with Crippen molar-refractivity contribution in [2.24, 2.45) is 0 Å². The number of carboxylic acids is 1. The average molecular weight is 416 g/mol. The fourth-order valence-electron chi connectivity index (χ4n) is 4.13. The molecule has 0 radical (unpaired) electrons. The first-order chi connectivity index (χ1) is 12.5. The van der Waals surface area contributed by atoms with E-state index in [0.29, 0.717) is 0 Å². The number of rotatable bonds is 5. The lowest BCUT2D eigenvalue weighted by Gasteiger charge is -2.34. The van der Waals surface area contributed by atoms with Crippen LogP contribution in [-0.4, -0.2) is 77.0 Å². The van der Waals surface area contributed by atoms with Gasteiger partial charge in [0.2, 0.25) is 5.91 Å². The van der Waals surface area contributed by atoms with Crippen molar-refractivity contribution in [3.8, 4) is 0 Å². The second kappa shape index (κ2) is 9.87. The Balaban J connectivity index is 0.00000261. The molecule has 0 aliphatic carbocycles. The molecule has 8 heteroatoms. The van der Waals surface area contributed by atoms with Gasteiger partial charge in [-0.3, -0.25) is 19.4 Å². The first-order valence-corrected chi connectivity index (χ1v) is 10.3. The van der Waals surface area contributed by atoms with Crippen LogP contribution in [0.1, 0.15) is 36.6 Å². The third kappa shape index (κ3) is 5.44. The number of thiophene rings is 1. The Labute approximate surface area is 171 Å². The molecule has 3 heterocycles. The maximum Gasteiger partial charge on any atom is 0.317 e. The van der Waals surface area contributed by atoms with E-state index in [4.69, 9.17) is 5.11 Å². The maximum absolute atomic E-state index is 13.0. The largest absolute Gasteiger partial charge is 0.480 e. The van der Waals surface area contributed by atoms with Crippen molar-refractivity contribution in [2.45, 2.75) is 51.2 Å². The molecule has 1 aromatic heterocycles. The summed E-state index contributed by atoms with van der Waals surface area (Å²) < 4.78 is 0. The summed E-state index contributed by atoms with van der Waals surface area (Å²) in [5, 5.41) is 11.1. The highest BCUT2D eigenvalue weighted by Gasteiger charge is 2.31. The van der Waals surface area contributed by atoms with Crippen molar-refractivity contribution in [3.05, 3.63) is 21.9 Å². The molecule has 0 aromatic carbocycles. The zero-order valence-electron chi connectivity index (χ0n) is 16.1. The van der Waals surface area contributed by atoms with Gasteiger partial charge in [-0.2, -0.15) is 0 Å². The highest BCUT2D eigenvalue weighted by atomic mass is 35.5. The number of likely N-dealkylation sites (N-methyl/N-ethyl adjacent to an activating group) is 1. The molecule has 0 bridgehead atoms. The number of hydrogen-bond donors (Lipinski definition) is 1. The minimum Gasteiger partial charge on any atom is -0.480 e. The van der Waals surface area contributed by atoms with Gasteiger partial charge >= 0.3 is 5.97 Å². The van der Waals surface area contributed by atoms with Gasteiger partial charge in [0.25, 0.3) is 0 Å². The lowest BCUT2D eigenvalue weighted by molar-refractivity contribution is -0.138. The van der Waals surface area contributed by atoms with Gasteiger partial charge in [-0.05, 0) is 63.2 Å². The maximum atomic E-state index is 13.0. The van der Waals surface area contributed by atoms with Gasteiger partial charge in [-0.25, -0.2) is 0 Å². The van der Waals surface area contributed by atoms with E-state index < -0.39 is 5.97 Å². The van der Waals surface area contributed by atoms with Gasteiger partial charge in [0, 0.05) is 30.6 Å². The van der Waals surface area contributed by atoms with E-state index in [0.717, 1.165) is 51.9 Å². The fourth-order valence-corrected chi connectivity index (χ4v) is 5.02. The number of carboxylic acid groups (broad SMARTS) is 1. The third-order valence-corrected chi connectivity index (χ3v) is 6.79. The summed E-state index contributed by atoms with van der Waals surface area (Å²) in [6.45, 7) is 5.40. The summed E-state index contributed by atoms with van der Waals surface area (Å²) in [6.07, 6.45) is 3.87. The van der Waals surface area contributed by atoms with Crippen molar-refractivity contribution in [1.29, 1.82) is 0 Å². The molecule has 1 amide bonds. The monoisotopic (exact) mass is 415 g/mol. The van der Waals surface area contributed by atoms with E-state index in [2.05, 4.69) is 16.3 Å². The van der Waals surface area contributed by atoms with E-state index in [1.807, 2.05) is 23.8 Å². The van der Waals surface area contributed by atoms with E-state index in [9.17, 15) is 9.59 Å². The van der Waals surface area contributed by atoms with Crippen LogP contribution in [0.2, 0.25) is 0 Å². The van der Waals surface area contributed by atoms with Gasteiger partial charge in [0.15, 0.2) is 0 Å². The Bertz CT molecular complexity index is 654. The molecule has 2 aliphatic rings. The van der Waals surface area contributed by atoms with E-state index in [1.165, 1.54) is 10.4 Å². The lowest BCUT2D eigenvalue weighted by Crippen LogP contribution is -2.49. The quantitative estimate of drug-likeness (QED) is 0.799. The Morgan fingerprint density at radius 3 is 2.85 bits per heavy atom. The van der Waals surface area contributed by atoms with Gasteiger partial charge in [-0.1, -0.05) is 0 Å². The second-order valence-corrected chi connectivity index (χ2v) is 8.48. The highest BCUT2D eigenvalue weighted by molar-refractivity contribution is 7.10. The SMILES string of the molecule is CC(C(=O)N1CCc2sccc2C1)N1CCCC(N(C)CC(=O)O)CC1.Cl. The molecule has 2 aliphatic heterocycles. The first-order valence-electron chi connectivity index (χ1n) is 9.46. The molecule has 2 unspecified atom stereocenters. The molecule has 1 saturated heterocycles. The highest BCUT2D eigenvalue weighted by Crippen LogP contribution is 2.25. The van der Waals surface area contributed by atoms with Crippen molar-refractivity contribution in [3.63, 3.8) is 0 Å². The van der Waals surface area contributed by atoms with Crippen LogP contribution < -0.4 is 0 Å². The summed E-state index contributed by atoms with van der Waals surface area (Å²) in [6, 6.07) is 2.30. The number of carbonyl (C=O) groups is 2. The van der Waals surface area contributed by atoms with Gasteiger partial charge in [-0.15, -0.1) is 23.7 Å². The third-order valence-electron chi connectivity index (χ3n) is 5.76. The molecular weight excluding hydrogens is 386 g/mol. The number of likely N-dealkylation sites (tertiary alicyclic amines) is 1. The van der Waals surface area contributed by atoms with Crippen LogP contribution in [0.4, 0.5) is 0 Å². The predicted molar refractivity (Wildman–Crippen MR) is 110 cm³/mol. The number of fused-ring (bicyclic) bond motifs is 1. The topological polar surface area (TPSA) is 64.1 Å². The molecular formula is C19H30ClN3O3S. The number of hydrogen-bond acceptors (Lipinski definition) is 5. The molecule has 3 rings (SSSR count). The zero-order chi connectivity index (χ0) is 18.7. The van der Waals surface area contributed by atoms with Crippen LogP contribution in [0.25, 0.3) is 0 Å². The van der Waals surface area contributed by atoms with Crippen molar-refractivity contribution >= 4 is 35.6 Å². The van der Waals surface area contributed by atoms with E-state index >= 15 is 0 Å². The average Bonchev–Trinajstić information content (AvgIpc) is 2.94. The Morgan fingerprint density at radius 2 is 2.11 bits per heavy atom. The normalized spacial score (nSPS) is 21.9. The predicted octanol–water partition coefficient (Wildman–Crippen LogP) is 2.31. The minimum absolute atomic E-state index is 0. The van der Waals surface area contributed by atoms with Gasteiger partial charge < -0.3 is 10.0 Å². The summed E-state index contributed by atoms with van der Waals surface area (Å²) in [5.41, 5.74) is 1.30. The Kier molecular flexibility index (Phi) is 8.09. The standard InChI is InChI=1S/C19H29N3O3S.ClH/c1-14(19(25)22-10-6-17-15(12-22)7-11-26-17)21-8-3-4-16(5-9-21)20(2)13-18(23)24;/h7,11,14,16H,3-6,8-10,12-13H2,1-2H3,(H,23,24);1H. The molecule has 0 saturated carbocycles. The number of carbonyl (C=O) groups excluding carboxylic acids is 1. The molecule has 152 valence electrons. The van der Waals surface area contributed by atoms with Crippen LogP contribution in [0.3, 0.4) is 0 Å². The molecule has 6 nitrogen and oxygen atoms in total. The molecule has 1 fully saturated rings. The minimum atomic E-state index is -0.782. The lowest BCUT2D eigenvalue weighted by atomic mass is 10.1. The molecule has 2 atom stereocenters. The van der Waals surface area contributed by atoms with Crippen LogP contribution >= 0.6 is 23.7 Å². The molecule has 27 heavy (non-hydrogen) atoms. The van der Waals surface area contributed by atoms with Crippen molar-refractivity contribution in [1.82, 2.24) is 14.7 Å². The van der Waals surface area contributed by atoms with Crippen molar-refractivity contribution in [2.75, 3.05) is 33.2 Å². The number of nitrogens with zero attached hydrogens (tertiary/aromatic N) is 3. The number of amides is 1.